The summed E-state index contributed by atoms with van der Waals surface area (Å²) in [5, 5.41) is 8.86. The maximum atomic E-state index is 15.2. The molecule has 2 aromatic carbocycles. The number of anilines is 2. The summed E-state index contributed by atoms with van der Waals surface area (Å²) in [5.41, 5.74) is 5.81. The summed E-state index contributed by atoms with van der Waals surface area (Å²) in [6.45, 7) is 9.03. The lowest BCUT2D eigenvalue weighted by Crippen LogP contribution is -2.47. The van der Waals surface area contributed by atoms with E-state index in [1.807, 2.05) is 28.1 Å². The molecule has 11 nitrogen and oxygen atoms in total. The van der Waals surface area contributed by atoms with Crippen molar-refractivity contribution < 1.29 is 23.3 Å². The molecule has 2 aromatic rings. The van der Waals surface area contributed by atoms with Crippen molar-refractivity contribution in [1.82, 2.24) is 25.3 Å². The molecule has 0 saturated carbocycles. The van der Waals surface area contributed by atoms with Gasteiger partial charge in [-0.25, -0.2) is 8.97 Å². The Bertz CT molecular complexity index is 1960. The molecule has 13 heteroatoms. The number of hydrogen-bond donors (Lipinski definition) is 3. The number of likely N-dealkylation sites (tertiary alicyclic amines) is 2. The zero-order valence-electron chi connectivity index (χ0n) is 32.4. The largest absolute Gasteiger partial charge is 0.374 e. The quantitative estimate of drug-likeness (QED) is 0.241. The Morgan fingerprint density at radius 1 is 1.02 bits per heavy atom. The topological polar surface area (TPSA) is 103 Å². The Kier molecular flexibility index (Phi) is 11.3. The summed E-state index contributed by atoms with van der Waals surface area (Å²) in [6, 6.07) is 13.2. The highest BCUT2D eigenvalue weighted by molar-refractivity contribution is 9.11. The van der Waals surface area contributed by atoms with Gasteiger partial charge in [0.1, 0.15) is 24.6 Å². The van der Waals surface area contributed by atoms with Gasteiger partial charge < -0.3 is 25.3 Å². The normalized spacial score (nSPS) is 24.4. The van der Waals surface area contributed by atoms with Crippen molar-refractivity contribution in [2.45, 2.75) is 69.6 Å². The van der Waals surface area contributed by atoms with Gasteiger partial charge in [-0.05, 0) is 112 Å². The van der Waals surface area contributed by atoms with Crippen LogP contribution in [0.25, 0.3) is 0 Å². The van der Waals surface area contributed by atoms with E-state index >= 15 is 4.39 Å². The number of rotatable bonds is 9. The fourth-order valence-electron chi connectivity index (χ4n) is 9.28. The number of dihydropyridines is 1. The zero-order chi connectivity index (χ0) is 38.9. The number of nitrogens with one attached hydrogen (secondary N) is 3. The standard InChI is InChI=1S/C43H52BrFN8O3/c1-28(39-26-34-35(44)11-16-46-41(34)49(39)2)51-19-14-31(15-20-51)30-3-5-32(6-4-30)43(56)53-17-12-29(13-18-53)27-50-21-23-52(24-22-50)38-9-7-33(25-36(38)45)47-37-8-10-40(54)48-42(37)55/h3-7,9,11,16,21,25-26,28-29,31,37,41,46-47H,8,10,12-15,17-20,22-24,27H2,1-2H3/p+1. The monoisotopic (exact) mass is 827 g/mol. The number of allylic oxidation sites excluding steroid dienone is 2. The molecule has 0 aromatic heterocycles. The highest BCUT2D eigenvalue weighted by Gasteiger charge is 2.35. The van der Waals surface area contributed by atoms with Gasteiger partial charge in [0.2, 0.25) is 11.8 Å². The lowest BCUT2D eigenvalue weighted by atomic mass is 9.88. The van der Waals surface area contributed by atoms with Crippen molar-refractivity contribution in [2.75, 3.05) is 69.6 Å². The predicted molar refractivity (Wildman–Crippen MR) is 220 cm³/mol. The second-order valence-electron chi connectivity index (χ2n) is 16.2. The molecule has 296 valence electrons. The number of benzene rings is 2. The van der Waals surface area contributed by atoms with Crippen LogP contribution in [0, 0.1) is 11.7 Å². The Morgan fingerprint density at radius 3 is 2.46 bits per heavy atom. The first kappa shape index (κ1) is 38.4. The SMILES string of the molecule is CC(C1=CC2=C(Br)C=CNC2N1C)N1CCC(c2ccc(C(=O)N3CCC(C[N+]4=CCN(c5ccc(NC6CCC(=O)NC6=O)cc5F)CC4)CC3)cc2)CC1. The first-order valence-corrected chi connectivity index (χ1v) is 21.0. The van der Waals surface area contributed by atoms with Crippen LogP contribution in [0.1, 0.15) is 67.3 Å². The van der Waals surface area contributed by atoms with Crippen LogP contribution in [-0.4, -0.2) is 121 Å². The maximum absolute atomic E-state index is 15.2. The molecule has 0 bridgehead atoms. The van der Waals surface area contributed by atoms with Crippen LogP contribution in [0.15, 0.2) is 76.6 Å². The first-order valence-electron chi connectivity index (χ1n) is 20.2. The third-order valence-electron chi connectivity index (χ3n) is 12.8. The van der Waals surface area contributed by atoms with E-state index < -0.39 is 6.04 Å². The van der Waals surface area contributed by atoms with Crippen LogP contribution in [0.3, 0.4) is 0 Å². The van der Waals surface area contributed by atoms with Gasteiger partial charge in [-0.3, -0.25) is 24.6 Å². The van der Waals surface area contributed by atoms with Gasteiger partial charge in [0, 0.05) is 65.5 Å². The molecule has 3 N–H and O–H groups in total. The second-order valence-corrected chi connectivity index (χ2v) is 17.0. The van der Waals surface area contributed by atoms with Crippen LogP contribution < -0.4 is 20.9 Å². The molecule has 3 unspecified atom stereocenters. The van der Waals surface area contributed by atoms with Gasteiger partial charge in [-0.2, -0.15) is 0 Å². The molecule has 0 spiro atoms. The van der Waals surface area contributed by atoms with Crippen molar-refractivity contribution in [3.05, 3.63) is 93.5 Å². The van der Waals surface area contributed by atoms with Crippen molar-refractivity contribution in [1.29, 1.82) is 0 Å². The molecular formula is C43H53BrFN8O3+. The molecule has 8 rings (SSSR count). The minimum atomic E-state index is -0.550. The number of halogens is 2. The molecule has 0 radical (unpaired) electrons. The lowest BCUT2D eigenvalue weighted by molar-refractivity contribution is -0.532. The minimum absolute atomic E-state index is 0.125. The van der Waals surface area contributed by atoms with E-state index in [2.05, 4.69) is 90.7 Å². The number of carbonyl (C=O) groups is 3. The Balaban J connectivity index is 0.770. The van der Waals surface area contributed by atoms with Gasteiger partial charge in [-0.1, -0.05) is 28.1 Å². The molecular weight excluding hydrogens is 775 g/mol. The molecule has 3 amide bonds. The Labute approximate surface area is 337 Å². The third kappa shape index (κ3) is 8.16. The van der Waals surface area contributed by atoms with Gasteiger partial charge in [0.25, 0.3) is 5.91 Å². The minimum Gasteiger partial charge on any atom is -0.374 e. The summed E-state index contributed by atoms with van der Waals surface area (Å²) < 4.78 is 18.7. The molecule has 3 saturated heterocycles. The number of hydrogen-bond acceptors (Lipinski definition) is 8. The number of piperidine rings is 3. The first-order chi connectivity index (χ1) is 27.1. The van der Waals surface area contributed by atoms with Crippen LogP contribution in [0.4, 0.5) is 15.8 Å². The van der Waals surface area contributed by atoms with Gasteiger partial charge >= 0.3 is 0 Å². The Hall–Kier alpha value is -4.49. The van der Waals surface area contributed by atoms with E-state index in [-0.39, 0.29) is 36.1 Å². The van der Waals surface area contributed by atoms with E-state index in [4.69, 9.17) is 0 Å². The van der Waals surface area contributed by atoms with Crippen molar-refractivity contribution in [3.63, 3.8) is 0 Å². The van der Waals surface area contributed by atoms with E-state index in [9.17, 15) is 14.4 Å². The van der Waals surface area contributed by atoms with Crippen LogP contribution in [-0.2, 0) is 9.59 Å². The van der Waals surface area contributed by atoms with Gasteiger partial charge in [0.15, 0.2) is 12.8 Å². The van der Waals surface area contributed by atoms with E-state index in [1.165, 1.54) is 22.9 Å². The highest BCUT2D eigenvalue weighted by Crippen LogP contribution is 2.36. The molecule has 3 atom stereocenters. The summed E-state index contributed by atoms with van der Waals surface area (Å²) in [5.74, 6) is 0.147. The van der Waals surface area contributed by atoms with Crippen molar-refractivity contribution in [3.8, 4) is 0 Å². The second kappa shape index (κ2) is 16.5. The summed E-state index contributed by atoms with van der Waals surface area (Å²) in [7, 11) is 2.18. The molecule has 6 aliphatic rings. The Morgan fingerprint density at radius 2 is 1.79 bits per heavy atom. The molecule has 0 aliphatic carbocycles. The average Bonchev–Trinajstić information content (AvgIpc) is 3.56. The van der Waals surface area contributed by atoms with Crippen molar-refractivity contribution in [2.24, 2.45) is 5.92 Å². The molecule has 6 heterocycles. The average molecular weight is 829 g/mol. The molecule has 56 heavy (non-hydrogen) atoms. The van der Waals surface area contributed by atoms with Crippen LogP contribution >= 0.6 is 15.9 Å². The lowest BCUT2D eigenvalue weighted by Gasteiger charge is -2.39. The number of nitrogens with zero attached hydrogens (tertiary/aromatic N) is 5. The van der Waals surface area contributed by atoms with E-state index in [0.29, 0.717) is 48.8 Å². The van der Waals surface area contributed by atoms with E-state index in [1.54, 1.807) is 12.1 Å². The summed E-state index contributed by atoms with van der Waals surface area (Å²) in [4.78, 5) is 46.1. The number of fused-ring (bicyclic) bond motifs is 1. The smallest absolute Gasteiger partial charge is 0.253 e. The number of amides is 3. The van der Waals surface area contributed by atoms with E-state index in [0.717, 1.165) is 75.0 Å². The number of likely N-dealkylation sites (N-methyl/N-ethyl adjacent to an activating group) is 1. The fraction of sp³-hybridized carbons (Fsp3) is 0.488. The maximum Gasteiger partial charge on any atom is 0.253 e. The van der Waals surface area contributed by atoms with Gasteiger partial charge in [0.05, 0.1) is 18.8 Å². The van der Waals surface area contributed by atoms with Crippen LogP contribution in [0.2, 0.25) is 0 Å². The summed E-state index contributed by atoms with van der Waals surface area (Å²) >= 11 is 3.72. The highest BCUT2D eigenvalue weighted by atomic mass is 79.9. The molecule has 6 aliphatic heterocycles. The van der Waals surface area contributed by atoms with Gasteiger partial charge in [-0.15, -0.1) is 0 Å². The number of imide groups is 1. The summed E-state index contributed by atoms with van der Waals surface area (Å²) in [6.07, 6.45) is 13.6. The zero-order valence-corrected chi connectivity index (χ0v) is 33.9. The van der Waals surface area contributed by atoms with Crippen molar-refractivity contribution >= 4 is 51.2 Å². The number of carbonyl (C=O) groups excluding carboxylic acids is 3. The third-order valence-corrected chi connectivity index (χ3v) is 13.5. The molecule has 3 fully saturated rings. The van der Waals surface area contributed by atoms with Crippen LogP contribution in [0.5, 0.6) is 0 Å². The predicted octanol–water partition coefficient (Wildman–Crippen LogP) is 4.99. The fourth-order valence-corrected chi connectivity index (χ4v) is 9.74.